The second kappa shape index (κ2) is 14.5. The highest BCUT2D eigenvalue weighted by molar-refractivity contribution is 6.88. The van der Waals surface area contributed by atoms with E-state index in [1.54, 1.807) is 0 Å². The molecule has 0 fully saturated rings. The molecule has 0 saturated carbocycles. The number of para-hydroxylation sites is 3. The Morgan fingerprint density at radius 3 is 2.21 bits per heavy atom. The van der Waals surface area contributed by atoms with Crippen molar-refractivity contribution in [3.05, 3.63) is 200 Å². The van der Waals surface area contributed by atoms with Gasteiger partial charge in [-0.2, -0.15) is 13.7 Å². The summed E-state index contributed by atoms with van der Waals surface area (Å²) >= 11 is 0. The van der Waals surface area contributed by atoms with Crippen LogP contribution in [0.3, 0.4) is 0 Å². The Bertz CT molecular complexity index is 3440. The highest BCUT2D eigenvalue weighted by Crippen LogP contribution is 2.47. The summed E-state index contributed by atoms with van der Waals surface area (Å²) in [4.78, 5) is 0. The van der Waals surface area contributed by atoms with Gasteiger partial charge in [-0.05, 0) is 77.1 Å². The maximum atomic E-state index is 7.09. The zero-order chi connectivity index (χ0) is 42.4. The van der Waals surface area contributed by atoms with Crippen molar-refractivity contribution in [3.8, 4) is 50.6 Å². The van der Waals surface area contributed by atoms with Crippen molar-refractivity contribution in [1.82, 2.24) is 4.57 Å². The van der Waals surface area contributed by atoms with Gasteiger partial charge >= 0.3 is 5.82 Å². The number of hydrogen-bond donors (Lipinski definition) is 0. The van der Waals surface area contributed by atoms with E-state index in [9.17, 15) is 0 Å². The molecule has 2 aliphatic heterocycles. The molecule has 0 aliphatic carbocycles. The number of fused-ring (bicyclic) bond motifs is 15. The van der Waals surface area contributed by atoms with Crippen molar-refractivity contribution in [1.29, 1.82) is 0 Å². The van der Waals surface area contributed by atoms with E-state index >= 15 is 0 Å². The summed E-state index contributed by atoms with van der Waals surface area (Å²) in [7, 11) is -1.64. The Morgan fingerprint density at radius 2 is 1.38 bits per heavy atom. The molecule has 2 unspecified atom stereocenters. The molecular weight excluding hydrogens is 783 g/mol. The number of hydrogen-bond acceptors (Lipinski definition) is 1. The van der Waals surface area contributed by atoms with Crippen molar-refractivity contribution in [2.24, 2.45) is 0 Å². The number of rotatable bonds is 4. The van der Waals surface area contributed by atoms with Gasteiger partial charge in [0.1, 0.15) is 22.5 Å². The predicted molar refractivity (Wildman–Crippen MR) is 262 cm³/mol. The fourth-order valence-electron chi connectivity index (χ4n) is 10.8. The lowest BCUT2D eigenvalue weighted by Gasteiger charge is -2.32. The first-order valence-corrected chi connectivity index (χ1v) is 25.9. The van der Waals surface area contributed by atoms with Gasteiger partial charge in [0.15, 0.2) is 28.9 Å². The third-order valence-electron chi connectivity index (χ3n) is 13.9. The summed E-state index contributed by atoms with van der Waals surface area (Å²) in [5.74, 6) is 1.35. The van der Waals surface area contributed by atoms with E-state index in [0.29, 0.717) is 0 Å². The van der Waals surface area contributed by atoms with Gasteiger partial charge in [0.2, 0.25) is 5.69 Å². The summed E-state index contributed by atoms with van der Waals surface area (Å²) in [5.41, 5.74) is 17.4. The van der Waals surface area contributed by atoms with Gasteiger partial charge in [0.05, 0.1) is 14.5 Å². The van der Waals surface area contributed by atoms with Crippen molar-refractivity contribution in [3.63, 3.8) is 0 Å². The largest absolute Gasteiger partial charge is 0.455 e. The lowest BCUT2D eigenvalue weighted by molar-refractivity contribution is -0.719. The zero-order valence-electron chi connectivity index (χ0n) is 36.1. The third-order valence-corrected chi connectivity index (χ3v) is 15.9. The van der Waals surface area contributed by atoms with Crippen LogP contribution in [0.4, 0.5) is 0 Å². The topological polar surface area (TPSA) is 25.8 Å². The SMILES string of the molecule is C=C1CC2C(CCc3ccc4c(oc5ccccc54)c3-c3n(-c4ccc(-c5ccccc5)cc4-c4ccccc4)c4ccccc4[n+]31)c1ccccc1-c1ccc([Si](C)(C)C)c[n+]12. The van der Waals surface area contributed by atoms with Gasteiger partial charge in [-0.25, -0.2) is 0 Å². The second-order valence-corrected chi connectivity index (χ2v) is 23.6. The Labute approximate surface area is 369 Å². The summed E-state index contributed by atoms with van der Waals surface area (Å²) in [6.45, 7) is 12.5. The van der Waals surface area contributed by atoms with Gasteiger partial charge < -0.3 is 4.42 Å². The van der Waals surface area contributed by atoms with Gasteiger partial charge in [0.25, 0.3) is 0 Å². The Balaban J connectivity index is 1.18. The van der Waals surface area contributed by atoms with Gasteiger partial charge in [-0.3, -0.25) is 0 Å². The van der Waals surface area contributed by atoms with Crippen molar-refractivity contribution < 1.29 is 13.6 Å². The first kappa shape index (κ1) is 37.7. The standard InChI is InChI=1S/C58H49N3OSi/c1-38-35-54-46(44-21-11-12-22-45(44)50-34-30-43(37-59(50)54)63(2,3)4)31-27-41-28-32-48-47-23-13-16-26-55(47)62-57(48)56(41)58-60(38)52-24-14-15-25-53(52)61(58)51-33-29-42(39-17-7-5-8-18-39)36-49(51)40-19-9-6-10-20-40/h5-26,28-30,32-34,36-37,46,54H,1,27,31,35H2,2-4H3/q+2. The van der Waals surface area contributed by atoms with E-state index in [1.165, 1.54) is 38.7 Å². The highest BCUT2D eigenvalue weighted by Gasteiger charge is 2.44. The fourth-order valence-corrected chi connectivity index (χ4v) is 11.9. The second-order valence-electron chi connectivity index (χ2n) is 18.6. The van der Waals surface area contributed by atoms with E-state index in [4.69, 9.17) is 11.0 Å². The molecule has 0 spiro atoms. The molecule has 7 aromatic carbocycles. The Morgan fingerprint density at radius 1 is 0.651 bits per heavy atom. The fraction of sp³-hybridized carbons (Fsp3) is 0.138. The number of furan rings is 1. The van der Waals surface area contributed by atoms with Crippen molar-refractivity contribution in [2.75, 3.05) is 0 Å². The number of allylic oxidation sites excluding steroid dienone is 1. The van der Waals surface area contributed by atoms with Crippen LogP contribution in [0.15, 0.2) is 193 Å². The summed E-state index contributed by atoms with van der Waals surface area (Å²) < 4.78 is 14.7. The monoisotopic (exact) mass is 831 g/mol. The molecule has 4 nitrogen and oxygen atoms in total. The number of aryl methyl sites for hydroxylation is 1. The number of imidazole rings is 1. The molecule has 0 N–H and O–H groups in total. The van der Waals surface area contributed by atoms with E-state index in [1.807, 2.05) is 0 Å². The maximum absolute atomic E-state index is 7.09. The van der Waals surface area contributed by atoms with E-state index in [-0.39, 0.29) is 12.0 Å². The number of pyridine rings is 1. The molecule has 5 heterocycles. The number of aromatic nitrogens is 3. The average molecular weight is 832 g/mol. The molecule has 0 radical (unpaired) electrons. The van der Waals surface area contributed by atoms with Crippen LogP contribution in [0, 0.1) is 0 Å². The molecule has 2 atom stereocenters. The zero-order valence-corrected chi connectivity index (χ0v) is 37.1. The van der Waals surface area contributed by atoms with Crippen LogP contribution in [-0.4, -0.2) is 12.6 Å². The lowest BCUT2D eigenvalue weighted by atomic mass is 9.77. The van der Waals surface area contributed by atoms with Crippen LogP contribution in [0.1, 0.15) is 35.9 Å². The van der Waals surface area contributed by atoms with Gasteiger partial charge in [-0.15, -0.1) is 0 Å². The molecule has 5 heteroatoms. The minimum atomic E-state index is -1.64. The first-order valence-electron chi connectivity index (χ1n) is 22.4. The predicted octanol–water partition coefficient (Wildman–Crippen LogP) is 13.5. The van der Waals surface area contributed by atoms with Crippen LogP contribution in [0.25, 0.3) is 89.3 Å². The highest BCUT2D eigenvalue weighted by atomic mass is 28.3. The molecule has 0 amide bonds. The van der Waals surface area contributed by atoms with E-state index < -0.39 is 8.07 Å². The van der Waals surface area contributed by atoms with Crippen LogP contribution < -0.4 is 14.3 Å². The average Bonchev–Trinajstić information content (AvgIpc) is 3.87. The first-order chi connectivity index (χ1) is 30.8. The molecule has 10 aromatic rings. The molecule has 12 rings (SSSR count). The van der Waals surface area contributed by atoms with Crippen LogP contribution in [0.2, 0.25) is 19.6 Å². The molecule has 2 aliphatic rings. The minimum Gasteiger partial charge on any atom is -0.455 e. The summed E-state index contributed by atoms with van der Waals surface area (Å²) in [6.07, 6.45) is 5.16. The smallest absolute Gasteiger partial charge is 0.304 e. The van der Waals surface area contributed by atoms with Crippen LogP contribution in [0.5, 0.6) is 0 Å². The molecule has 304 valence electrons. The molecule has 3 aromatic heterocycles. The summed E-state index contributed by atoms with van der Waals surface area (Å²) in [5, 5.41) is 3.73. The van der Waals surface area contributed by atoms with E-state index in [0.717, 1.165) is 86.1 Å². The Hall–Kier alpha value is -7.08. The lowest BCUT2D eigenvalue weighted by Crippen LogP contribution is -2.53. The third kappa shape index (κ3) is 6.01. The maximum Gasteiger partial charge on any atom is 0.304 e. The molecular formula is C58H49N3OSi+2. The van der Waals surface area contributed by atoms with Crippen LogP contribution >= 0.6 is 0 Å². The summed E-state index contributed by atoms with van der Waals surface area (Å²) in [6, 6.07) is 64.8. The molecule has 63 heavy (non-hydrogen) atoms. The molecule has 0 saturated heterocycles. The quantitative estimate of drug-likeness (QED) is 0.128. The van der Waals surface area contributed by atoms with E-state index in [2.05, 4.69) is 215 Å². The van der Waals surface area contributed by atoms with Crippen molar-refractivity contribution >= 4 is 51.9 Å². The number of benzene rings is 7. The molecule has 0 bridgehead atoms. The van der Waals surface area contributed by atoms with Gasteiger partial charge in [0, 0.05) is 39.1 Å². The van der Waals surface area contributed by atoms with Crippen LogP contribution in [-0.2, 0) is 6.42 Å². The normalized spacial score (nSPS) is 16.0. The number of nitrogens with zero attached hydrogens (tertiary/aromatic N) is 3. The Kier molecular flexibility index (Phi) is 8.67. The van der Waals surface area contributed by atoms with Gasteiger partial charge in [-0.1, -0.05) is 160 Å². The van der Waals surface area contributed by atoms with Crippen molar-refractivity contribution in [2.45, 2.75) is 50.9 Å². The minimum absolute atomic E-state index is 0.169.